The van der Waals surface area contributed by atoms with Gasteiger partial charge in [-0.15, -0.1) is 0 Å². The smallest absolute Gasteiger partial charge is 0.143 e. The molecule has 0 N–H and O–H groups in total. The van der Waals surface area contributed by atoms with Gasteiger partial charge in [0.1, 0.15) is 11.2 Å². The van der Waals surface area contributed by atoms with Crippen molar-refractivity contribution in [2.45, 2.75) is 0 Å². The van der Waals surface area contributed by atoms with Crippen LogP contribution in [-0.4, -0.2) is 4.57 Å². The summed E-state index contributed by atoms with van der Waals surface area (Å²) in [7, 11) is 0. The van der Waals surface area contributed by atoms with Gasteiger partial charge in [-0.25, -0.2) is 0 Å². The number of hydrogen-bond acceptors (Lipinski definition) is 2. The Hall–Kier alpha value is -7.88. The van der Waals surface area contributed by atoms with Crippen molar-refractivity contribution >= 4 is 82.4 Å². The maximum Gasteiger partial charge on any atom is 0.143 e. The topological polar surface area (TPSA) is 21.3 Å². The van der Waals surface area contributed by atoms with E-state index in [1.807, 2.05) is 6.07 Å². The fourth-order valence-electron chi connectivity index (χ4n) is 9.24. The highest BCUT2D eigenvalue weighted by Crippen LogP contribution is 2.46. The van der Waals surface area contributed by atoms with Crippen molar-refractivity contribution in [3.05, 3.63) is 218 Å². The third-order valence-electron chi connectivity index (χ3n) is 12.0. The monoisotopic (exact) mass is 752 g/mol. The van der Waals surface area contributed by atoms with Crippen LogP contribution in [-0.2, 0) is 0 Å². The molecule has 2 heterocycles. The Morgan fingerprint density at radius 1 is 0.356 bits per heavy atom. The van der Waals surface area contributed by atoms with Crippen LogP contribution in [0.3, 0.4) is 0 Å². The van der Waals surface area contributed by atoms with Crippen LogP contribution in [0.2, 0.25) is 0 Å². The fourth-order valence-corrected chi connectivity index (χ4v) is 9.24. The number of nitrogens with zero attached hydrogens (tertiary/aromatic N) is 2. The van der Waals surface area contributed by atoms with Gasteiger partial charge in [-0.1, -0.05) is 158 Å². The minimum Gasteiger partial charge on any atom is -0.455 e. The zero-order chi connectivity index (χ0) is 38.9. The van der Waals surface area contributed by atoms with Crippen LogP contribution in [0.25, 0.3) is 93.2 Å². The molecule has 0 fully saturated rings. The molecule has 276 valence electrons. The molecular formula is C56H36N2O. The molecule has 10 aromatic carbocycles. The average Bonchev–Trinajstić information content (AvgIpc) is 3.86. The van der Waals surface area contributed by atoms with E-state index in [-0.39, 0.29) is 0 Å². The van der Waals surface area contributed by atoms with Gasteiger partial charge in [-0.05, 0) is 93.7 Å². The number of rotatable bonds is 6. The first-order valence-corrected chi connectivity index (χ1v) is 20.2. The molecule has 59 heavy (non-hydrogen) atoms. The second-order valence-electron chi connectivity index (χ2n) is 15.3. The predicted molar refractivity (Wildman–Crippen MR) is 249 cm³/mol. The number of aromatic nitrogens is 1. The van der Waals surface area contributed by atoms with E-state index in [0.717, 1.165) is 55.5 Å². The van der Waals surface area contributed by atoms with E-state index in [9.17, 15) is 0 Å². The second-order valence-corrected chi connectivity index (χ2v) is 15.3. The van der Waals surface area contributed by atoms with Gasteiger partial charge in [0, 0.05) is 49.4 Å². The van der Waals surface area contributed by atoms with Crippen molar-refractivity contribution in [2.24, 2.45) is 0 Å². The molecule has 0 radical (unpaired) electrons. The fraction of sp³-hybridized carbons (Fsp3) is 0. The number of anilines is 3. The highest BCUT2D eigenvalue weighted by Gasteiger charge is 2.21. The molecule has 0 amide bonds. The van der Waals surface area contributed by atoms with Crippen molar-refractivity contribution in [1.82, 2.24) is 4.57 Å². The molecule has 12 rings (SSSR count). The molecule has 3 nitrogen and oxygen atoms in total. The molecule has 0 unspecified atom stereocenters. The van der Waals surface area contributed by atoms with Gasteiger partial charge >= 0.3 is 0 Å². The second kappa shape index (κ2) is 13.4. The summed E-state index contributed by atoms with van der Waals surface area (Å²) < 4.78 is 8.96. The van der Waals surface area contributed by atoms with E-state index < -0.39 is 0 Å². The SMILES string of the molecule is c1ccc(-c2cccc3ccc(-c4ccc(N(c5cccc(-n6c7ccccc7c7ccccc76)c5)c5cc6c7ccccc7oc6c6ccccc56)cc4)cc23)cc1. The van der Waals surface area contributed by atoms with E-state index in [1.165, 1.54) is 54.8 Å². The van der Waals surface area contributed by atoms with Gasteiger partial charge in [-0.2, -0.15) is 0 Å². The van der Waals surface area contributed by atoms with Crippen LogP contribution in [0.5, 0.6) is 0 Å². The van der Waals surface area contributed by atoms with Crippen LogP contribution in [0, 0.1) is 0 Å². The molecular weight excluding hydrogens is 717 g/mol. The van der Waals surface area contributed by atoms with Crippen molar-refractivity contribution in [3.63, 3.8) is 0 Å². The van der Waals surface area contributed by atoms with E-state index in [2.05, 4.69) is 222 Å². The molecule has 0 saturated heterocycles. The Labute approximate surface area is 341 Å². The first-order valence-electron chi connectivity index (χ1n) is 20.2. The Morgan fingerprint density at radius 2 is 1.00 bits per heavy atom. The molecule has 0 aliphatic heterocycles. The highest BCUT2D eigenvalue weighted by molar-refractivity contribution is 6.20. The lowest BCUT2D eigenvalue weighted by molar-refractivity contribution is 0.672. The standard InChI is InChI=1S/C56H36N2O/c1-2-14-38(15-3-1)44-24-12-16-39-28-29-40(34-50(39)44)37-30-32-41(33-31-37)57(54-36-51-48-22-8-11-27-55(48)59-56(51)49-23-5-4-21-47(49)54)42-17-13-18-43(35-42)58-52-25-9-6-19-45(52)46-20-7-10-26-53(46)58/h1-36H. The van der Waals surface area contributed by atoms with Crippen LogP contribution in [0.4, 0.5) is 17.1 Å². The lowest BCUT2D eigenvalue weighted by Gasteiger charge is -2.28. The first kappa shape index (κ1) is 33.3. The molecule has 0 aliphatic carbocycles. The largest absolute Gasteiger partial charge is 0.455 e. The van der Waals surface area contributed by atoms with Gasteiger partial charge in [0.15, 0.2) is 0 Å². The Kier molecular flexibility index (Phi) is 7.54. The molecule has 2 aromatic heterocycles. The van der Waals surface area contributed by atoms with E-state index >= 15 is 0 Å². The van der Waals surface area contributed by atoms with Crippen molar-refractivity contribution in [3.8, 4) is 27.9 Å². The molecule has 0 spiro atoms. The Bertz CT molecular complexity index is 3500. The molecule has 0 bridgehead atoms. The summed E-state index contributed by atoms with van der Waals surface area (Å²) in [6, 6.07) is 78.8. The Balaban J connectivity index is 1.06. The normalized spacial score (nSPS) is 11.7. The molecule has 3 heteroatoms. The number of furan rings is 1. The predicted octanol–water partition coefficient (Wildman–Crippen LogP) is 15.8. The van der Waals surface area contributed by atoms with Crippen molar-refractivity contribution < 1.29 is 4.42 Å². The lowest BCUT2D eigenvalue weighted by atomic mass is 9.95. The summed E-state index contributed by atoms with van der Waals surface area (Å²) in [5.74, 6) is 0. The van der Waals surface area contributed by atoms with Gasteiger partial charge in [-0.3, -0.25) is 0 Å². The van der Waals surface area contributed by atoms with E-state index in [4.69, 9.17) is 4.42 Å². The van der Waals surface area contributed by atoms with Crippen LogP contribution >= 0.6 is 0 Å². The highest BCUT2D eigenvalue weighted by atomic mass is 16.3. The van der Waals surface area contributed by atoms with Gasteiger partial charge in [0.2, 0.25) is 0 Å². The first-order chi connectivity index (χ1) is 29.3. The van der Waals surface area contributed by atoms with E-state index in [0.29, 0.717) is 0 Å². The maximum atomic E-state index is 6.57. The maximum absolute atomic E-state index is 6.57. The van der Waals surface area contributed by atoms with Gasteiger partial charge in [0.25, 0.3) is 0 Å². The molecule has 0 aliphatic rings. The quantitative estimate of drug-likeness (QED) is 0.169. The lowest BCUT2D eigenvalue weighted by Crippen LogP contribution is -2.11. The third kappa shape index (κ3) is 5.36. The van der Waals surface area contributed by atoms with Crippen LogP contribution < -0.4 is 4.90 Å². The van der Waals surface area contributed by atoms with Crippen molar-refractivity contribution in [1.29, 1.82) is 0 Å². The average molecular weight is 753 g/mol. The van der Waals surface area contributed by atoms with Crippen molar-refractivity contribution in [2.75, 3.05) is 4.90 Å². The zero-order valence-corrected chi connectivity index (χ0v) is 32.1. The van der Waals surface area contributed by atoms with E-state index in [1.54, 1.807) is 0 Å². The summed E-state index contributed by atoms with van der Waals surface area (Å²) in [5.41, 5.74) is 13.3. The number of benzene rings is 10. The number of para-hydroxylation sites is 3. The summed E-state index contributed by atoms with van der Waals surface area (Å²) in [4.78, 5) is 2.42. The number of hydrogen-bond donors (Lipinski definition) is 0. The molecule has 0 saturated carbocycles. The zero-order valence-electron chi connectivity index (χ0n) is 32.1. The van der Waals surface area contributed by atoms with Crippen LogP contribution in [0.1, 0.15) is 0 Å². The molecule has 0 atom stereocenters. The summed E-state index contributed by atoms with van der Waals surface area (Å²) in [6.07, 6.45) is 0. The summed E-state index contributed by atoms with van der Waals surface area (Å²) in [6.45, 7) is 0. The van der Waals surface area contributed by atoms with Gasteiger partial charge < -0.3 is 13.9 Å². The summed E-state index contributed by atoms with van der Waals surface area (Å²) >= 11 is 0. The van der Waals surface area contributed by atoms with Gasteiger partial charge in [0.05, 0.1) is 16.7 Å². The Morgan fingerprint density at radius 3 is 1.78 bits per heavy atom. The summed E-state index contributed by atoms with van der Waals surface area (Å²) in [5, 5.41) is 9.37. The third-order valence-corrected chi connectivity index (χ3v) is 12.0. The molecule has 12 aromatic rings. The van der Waals surface area contributed by atoms with Crippen LogP contribution in [0.15, 0.2) is 223 Å². The minimum absolute atomic E-state index is 0.889. The minimum atomic E-state index is 0.889. The number of fused-ring (bicyclic) bond motifs is 9.